The molecule has 4 aromatic rings. The number of ether oxygens (including phenoxy) is 2. The van der Waals surface area contributed by atoms with Gasteiger partial charge in [-0.15, -0.1) is 0 Å². The molecule has 6 nitrogen and oxygen atoms in total. The molecule has 1 atom stereocenters. The molecular formula is C29H24F6N2O4. The number of para-hydroxylation sites is 1. The van der Waals surface area contributed by atoms with Gasteiger partial charge in [-0.25, -0.2) is 9.59 Å². The van der Waals surface area contributed by atoms with Crippen LogP contribution in [0, 0.1) is 0 Å². The molecule has 1 heterocycles. The first kappa shape index (κ1) is 29.5. The number of carbonyl (C=O) groups is 2. The van der Waals surface area contributed by atoms with Gasteiger partial charge in [0.2, 0.25) is 0 Å². The van der Waals surface area contributed by atoms with E-state index in [1.54, 1.807) is 54.6 Å². The fourth-order valence-corrected chi connectivity index (χ4v) is 4.46. The van der Waals surface area contributed by atoms with Gasteiger partial charge in [0, 0.05) is 17.6 Å². The van der Waals surface area contributed by atoms with Gasteiger partial charge in [-0.05, 0) is 53.8 Å². The number of hydrogen-bond acceptors (Lipinski definition) is 4. The van der Waals surface area contributed by atoms with Crippen LogP contribution in [-0.2, 0) is 41.3 Å². The summed E-state index contributed by atoms with van der Waals surface area (Å²) in [7, 11) is 1.19. The summed E-state index contributed by atoms with van der Waals surface area (Å²) < 4.78 is 92.1. The van der Waals surface area contributed by atoms with E-state index in [4.69, 9.17) is 9.47 Å². The Hall–Kier alpha value is -4.48. The molecule has 0 unspecified atom stereocenters. The van der Waals surface area contributed by atoms with E-state index < -0.39 is 48.1 Å². The van der Waals surface area contributed by atoms with Gasteiger partial charge in [-0.2, -0.15) is 26.3 Å². The zero-order valence-corrected chi connectivity index (χ0v) is 21.6. The largest absolute Gasteiger partial charge is 0.452 e. The number of fused-ring (bicyclic) bond motifs is 1. The normalized spacial score (nSPS) is 12.7. The zero-order chi connectivity index (χ0) is 29.8. The van der Waals surface area contributed by atoms with Crippen molar-refractivity contribution in [2.75, 3.05) is 7.11 Å². The van der Waals surface area contributed by atoms with Crippen molar-refractivity contribution in [3.05, 3.63) is 107 Å². The quantitative estimate of drug-likeness (QED) is 0.233. The number of alkyl carbamates (subject to hydrolysis) is 1. The average Bonchev–Trinajstić information content (AvgIpc) is 3.29. The molecule has 12 heteroatoms. The Morgan fingerprint density at radius 2 is 1.44 bits per heavy atom. The van der Waals surface area contributed by atoms with Crippen LogP contribution in [-0.4, -0.2) is 29.9 Å². The van der Waals surface area contributed by atoms with Crippen molar-refractivity contribution in [2.45, 2.75) is 37.8 Å². The number of halogens is 6. The summed E-state index contributed by atoms with van der Waals surface area (Å²) in [5.74, 6) is 0. The van der Waals surface area contributed by atoms with E-state index >= 15 is 0 Å². The molecule has 3 aromatic carbocycles. The molecule has 0 fully saturated rings. The monoisotopic (exact) mass is 578 g/mol. The van der Waals surface area contributed by atoms with Crippen molar-refractivity contribution >= 4 is 23.1 Å². The molecule has 1 aromatic heterocycles. The smallest absolute Gasteiger partial charge is 0.418 e. The fourth-order valence-electron chi connectivity index (χ4n) is 4.46. The number of methoxy groups -OCH3 is 1. The average molecular weight is 579 g/mol. The van der Waals surface area contributed by atoms with Gasteiger partial charge in [0.25, 0.3) is 0 Å². The molecule has 0 radical (unpaired) electrons. The molecule has 1 amide bonds. The SMILES string of the molecule is COC(=O)n1cc(C[C@@H](Cc2cc(C(F)(F)F)cc(C(F)(F)F)c2)NC(=O)OCc2ccccc2)c2ccccc21. The molecule has 216 valence electrons. The van der Waals surface area contributed by atoms with Gasteiger partial charge in [-0.1, -0.05) is 48.5 Å². The summed E-state index contributed by atoms with van der Waals surface area (Å²) in [4.78, 5) is 25.0. The maximum absolute atomic E-state index is 13.5. The molecule has 0 saturated carbocycles. The lowest BCUT2D eigenvalue weighted by atomic mass is 9.95. The molecule has 0 spiro atoms. The summed E-state index contributed by atoms with van der Waals surface area (Å²) >= 11 is 0. The predicted molar refractivity (Wildman–Crippen MR) is 137 cm³/mol. The van der Waals surface area contributed by atoms with Crippen LogP contribution in [0.3, 0.4) is 0 Å². The van der Waals surface area contributed by atoms with Crippen LogP contribution in [0.2, 0.25) is 0 Å². The molecule has 41 heavy (non-hydrogen) atoms. The van der Waals surface area contributed by atoms with Crippen LogP contribution in [0.5, 0.6) is 0 Å². The van der Waals surface area contributed by atoms with Gasteiger partial charge < -0.3 is 14.8 Å². The Kier molecular flexibility index (Phi) is 8.60. The highest BCUT2D eigenvalue weighted by molar-refractivity contribution is 5.92. The maximum Gasteiger partial charge on any atom is 0.418 e. The molecule has 1 N–H and O–H groups in total. The molecule has 0 saturated heterocycles. The summed E-state index contributed by atoms with van der Waals surface area (Å²) in [6.45, 7) is -0.108. The van der Waals surface area contributed by atoms with E-state index in [0.29, 0.717) is 34.2 Å². The van der Waals surface area contributed by atoms with Crippen LogP contribution in [0.15, 0.2) is 79.0 Å². The first-order valence-corrected chi connectivity index (χ1v) is 12.3. The van der Waals surface area contributed by atoms with Gasteiger partial charge in [0.05, 0.1) is 23.8 Å². The van der Waals surface area contributed by atoms with Crippen molar-refractivity contribution in [3.63, 3.8) is 0 Å². The molecule has 4 rings (SSSR count). The molecule has 0 aliphatic carbocycles. The summed E-state index contributed by atoms with van der Waals surface area (Å²) in [6, 6.07) is 15.7. The maximum atomic E-state index is 13.5. The first-order chi connectivity index (χ1) is 19.3. The van der Waals surface area contributed by atoms with Crippen LogP contribution >= 0.6 is 0 Å². The van der Waals surface area contributed by atoms with Crippen molar-refractivity contribution in [2.24, 2.45) is 0 Å². The number of aromatic nitrogens is 1. The zero-order valence-electron chi connectivity index (χ0n) is 21.6. The fraction of sp³-hybridized carbons (Fsp3) is 0.241. The van der Waals surface area contributed by atoms with E-state index in [2.05, 4.69) is 5.32 Å². The highest BCUT2D eigenvalue weighted by Crippen LogP contribution is 2.36. The van der Waals surface area contributed by atoms with Crippen LogP contribution in [0.1, 0.15) is 27.8 Å². The third-order valence-electron chi connectivity index (χ3n) is 6.30. The van der Waals surface area contributed by atoms with Crippen LogP contribution < -0.4 is 5.32 Å². The minimum absolute atomic E-state index is 0.0457. The topological polar surface area (TPSA) is 69.6 Å². The number of hydrogen-bond donors (Lipinski definition) is 1. The Balaban J connectivity index is 1.68. The summed E-state index contributed by atoms with van der Waals surface area (Å²) in [6.07, 6.45) is -10.7. The molecule has 0 aliphatic rings. The van der Waals surface area contributed by atoms with Crippen molar-refractivity contribution < 1.29 is 45.4 Å². The van der Waals surface area contributed by atoms with E-state index in [1.807, 2.05) is 0 Å². The summed E-state index contributed by atoms with van der Waals surface area (Å²) in [5.41, 5.74) is -1.57. The van der Waals surface area contributed by atoms with E-state index in [1.165, 1.54) is 17.9 Å². The molecule has 0 bridgehead atoms. The van der Waals surface area contributed by atoms with Crippen LogP contribution in [0.4, 0.5) is 35.9 Å². The third-order valence-corrected chi connectivity index (χ3v) is 6.30. The van der Waals surface area contributed by atoms with E-state index in [9.17, 15) is 35.9 Å². The number of nitrogens with zero attached hydrogens (tertiary/aromatic N) is 1. The van der Waals surface area contributed by atoms with Crippen molar-refractivity contribution in [1.82, 2.24) is 9.88 Å². The second-order valence-corrected chi connectivity index (χ2v) is 9.24. The Labute approximate surface area is 230 Å². The number of benzene rings is 3. The Bertz CT molecular complexity index is 1500. The predicted octanol–water partition coefficient (Wildman–Crippen LogP) is 7.37. The number of rotatable bonds is 7. The lowest BCUT2D eigenvalue weighted by molar-refractivity contribution is -0.143. The summed E-state index contributed by atoms with van der Waals surface area (Å²) in [5, 5.41) is 3.15. The lowest BCUT2D eigenvalue weighted by Crippen LogP contribution is -2.38. The Morgan fingerprint density at radius 1 is 0.829 bits per heavy atom. The van der Waals surface area contributed by atoms with Crippen molar-refractivity contribution in [3.8, 4) is 0 Å². The second kappa shape index (κ2) is 11.9. The number of carbonyl (C=O) groups excluding carboxylic acids is 2. The van der Waals surface area contributed by atoms with Gasteiger partial charge >= 0.3 is 24.5 Å². The minimum Gasteiger partial charge on any atom is -0.452 e. The first-order valence-electron chi connectivity index (χ1n) is 12.3. The lowest BCUT2D eigenvalue weighted by Gasteiger charge is -2.21. The second-order valence-electron chi connectivity index (χ2n) is 9.24. The van der Waals surface area contributed by atoms with Crippen LogP contribution in [0.25, 0.3) is 10.9 Å². The molecular weight excluding hydrogens is 554 g/mol. The molecule has 0 aliphatic heterocycles. The number of amides is 1. The minimum atomic E-state index is -5.03. The Morgan fingerprint density at radius 3 is 2.05 bits per heavy atom. The van der Waals surface area contributed by atoms with Gasteiger partial charge in [-0.3, -0.25) is 4.57 Å². The van der Waals surface area contributed by atoms with Gasteiger partial charge in [0.15, 0.2) is 0 Å². The highest BCUT2D eigenvalue weighted by atomic mass is 19.4. The number of alkyl halides is 6. The van der Waals surface area contributed by atoms with Crippen molar-refractivity contribution in [1.29, 1.82) is 0 Å². The third kappa shape index (κ3) is 7.38. The highest BCUT2D eigenvalue weighted by Gasteiger charge is 2.37. The van der Waals surface area contributed by atoms with Gasteiger partial charge in [0.1, 0.15) is 6.61 Å². The standard InChI is InChI=1S/C29H24F6N2O4/c1-40-27(39)37-16-20(24-9-5-6-10-25(24)37)14-23(36-26(38)41-17-18-7-3-2-4-8-18)13-19-11-21(28(30,31)32)15-22(12-19)29(33,34)35/h2-12,15-16,23H,13-14,17H2,1H3,(H,36,38)/t23-/m1/s1. The van der Waals surface area contributed by atoms with E-state index in [0.717, 1.165) is 0 Å². The number of nitrogens with one attached hydrogen (secondary N) is 1. The van der Waals surface area contributed by atoms with E-state index in [-0.39, 0.29) is 24.7 Å².